The molecule has 0 heterocycles. The van der Waals surface area contributed by atoms with Crippen LogP contribution in [0.3, 0.4) is 0 Å². The third kappa shape index (κ3) is 8.49. The maximum absolute atomic E-state index is 8.91. The van der Waals surface area contributed by atoms with Crippen molar-refractivity contribution in [2.75, 3.05) is 33.4 Å². The molecule has 3 N–H and O–H groups in total. The molecule has 0 spiro atoms. The van der Waals surface area contributed by atoms with Crippen molar-refractivity contribution in [2.45, 2.75) is 26.3 Å². The molecule has 7 heteroatoms. The normalized spacial score (nSPS) is 11.9. The van der Waals surface area contributed by atoms with Gasteiger partial charge in [-0.15, -0.1) is 24.0 Å². The van der Waals surface area contributed by atoms with Crippen molar-refractivity contribution >= 4 is 29.9 Å². The maximum Gasteiger partial charge on any atom is 0.191 e. The number of aliphatic hydroxyl groups is 1. The van der Waals surface area contributed by atoms with Gasteiger partial charge in [-0.25, -0.2) is 4.99 Å². The summed E-state index contributed by atoms with van der Waals surface area (Å²) < 4.78 is 10.8. The second-order valence-corrected chi connectivity index (χ2v) is 6.45. The van der Waals surface area contributed by atoms with Gasteiger partial charge in [0.15, 0.2) is 17.5 Å². The molecule has 1 unspecified atom stereocenters. The minimum atomic E-state index is -0.0334. The number of ether oxygens (including phenoxy) is 2. The average Bonchev–Trinajstić information content (AvgIpc) is 2.74. The van der Waals surface area contributed by atoms with Crippen molar-refractivity contribution in [3.63, 3.8) is 0 Å². The van der Waals surface area contributed by atoms with Crippen LogP contribution in [0.25, 0.3) is 0 Å². The van der Waals surface area contributed by atoms with E-state index in [1.54, 1.807) is 7.11 Å². The SMILES string of the molecule is CCNC(=NCc1ccc(OCCO)c(OC)c1)NCC(C)c1ccccc1.I. The number of nitrogens with zero attached hydrogens (tertiary/aromatic N) is 1. The van der Waals surface area contributed by atoms with Crippen molar-refractivity contribution in [1.29, 1.82) is 0 Å². The zero-order valence-corrected chi connectivity index (χ0v) is 19.7. The van der Waals surface area contributed by atoms with Crippen LogP contribution < -0.4 is 20.1 Å². The molecule has 0 aliphatic heterocycles. The summed E-state index contributed by atoms with van der Waals surface area (Å²) in [5.74, 6) is 2.42. The van der Waals surface area contributed by atoms with Crippen molar-refractivity contribution in [3.8, 4) is 11.5 Å². The number of benzene rings is 2. The Kier molecular flexibility index (Phi) is 12.1. The molecule has 2 aromatic carbocycles. The lowest BCUT2D eigenvalue weighted by Gasteiger charge is -2.16. The quantitative estimate of drug-likeness (QED) is 0.258. The summed E-state index contributed by atoms with van der Waals surface area (Å²) in [6.07, 6.45) is 0. The van der Waals surface area contributed by atoms with E-state index in [9.17, 15) is 0 Å². The van der Waals surface area contributed by atoms with E-state index in [1.165, 1.54) is 5.56 Å². The van der Waals surface area contributed by atoms with Crippen LogP contribution in [0, 0.1) is 0 Å². The van der Waals surface area contributed by atoms with E-state index >= 15 is 0 Å². The van der Waals surface area contributed by atoms with Gasteiger partial charge < -0.3 is 25.2 Å². The van der Waals surface area contributed by atoms with Crippen molar-refractivity contribution in [3.05, 3.63) is 59.7 Å². The standard InChI is InChI=1S/C22H31N3O3.HI/c1-4-23-22(24-15-17(2)19-8-6-5-7-9-19)25-16-18-10-11-20(28-13-12-26)21(14-18)27-3;/h5-11,14,17,26H,4,12-13,15-16H2,1-3H3,(H2,23,24,25);1H. The summed E-state index contributed by atoms with van der Waals surface area (Å²) in [5.41, 5.74) is 2.32. The molecular formula is C22H32IN3O3. The van der Waals surface area contributed by atoms with Crippen LogP contribution in [0.1, 0.15) is 30.9 Å². The Balaban J connectivity index is 0.00000420. The second-order valence-electron chi connectivity index (χ2n) is 6.45. The zero-order valence-electron chi connectivity index (χ0n) is 17.4. The lowest BCUT2D eigenvalue weighted by Crippen LogP contribution is -2.39. The van der Waals surface area contributed by atoms with E-state index in [0.717, 1.165) is 24.6 Å². The predicted octanol–water partition coefficient (Wildman–Crippen LogP) is 3.54. The van der Waals surface area contributed by atoms with Crippen LogP contribution in [-0.2, 0) is 6.54 Å². The van der Waals surface area contributed by atoms with Gasteiger partial charge in [0.25, 0.3) is 0 Å². The number of aliphatic imine (C=N–C) groups is 1. The lowest BCUT2D eigenvalue weighted by molar-refractivity contribution is 0.196. The molecule has 0 radical (unpaired) electrons. The van der Waals surface area contributed by atoms with Gasteiger partial charge in [-0.1, -0.05) is 43.3 Å². The highest BCUT2D eigenvalue weighted by molar-refractivity contribution is 14.0. The Labute approximate surface area is 190 Å². The monoisotopic (exact) mass is 513 g/mol. The minimum absolute atomic E-state index is 0. The highest BCUT2D eigenvalue weighted by Gasteiger charge is 2.08. The summed E-state index contributed by atoms with van der Waals surface area (Å²) in [6.45, 7) is 6.56. The first-order valence-electron chi connectivity index (χ1n) is 9.65. The molecule has 6 nitrogen and oxygen atoms in total. The Morgan fingerprint density at radius 3 is 2.52 bits per heavy atom. The molecule has 0 aliphatic rings. The number of aliphatic hydroxyl groups excluding tert-OH is 1. The molecule has 160 valence electrons. The fourth-order valence-corrected chi connectivity index (χ4v) is 2.75. The first-order valence-corrected chi connectivity index (χ1v) is 9.65. The fraction of sp³-hybridized carbons (Fsp3) is 0.409. The van der Waals surface area contributed by atoms with Gasteiger partial charge >= 0.3 is 0 Å². The molecule has 0 amide bonds. The molecule has 2 aromatic rings. The van der Waals surface area contributed by atoms with E-state index in [0.29, 0.717) is 24.0 Å². The van der Waals surface area contributed by atoms with Gasteiger partial charge in [-0.05, 0) is 36.1 Å². The van der Waals surface area contributed by atoms with Gasteiger partial charge in [-0.3, -0.25) is 0 Å². The average molecular weight is 513 g/mol. The molecule has 0 fully saturated rings. The molecule has 29 heavy (non-hydrogen) atoms. The lowest BCUT2D eigenvalue weighted by atomic mass is 10.0. The molecule has 1 atom stereocenters. The fourth-order valence-electron chi connectivity index (χ4n) is 2.75. The summed E-state index contributed by atoms with van der Waals surface area (Å²) in [4.78, 5) is 4.67. The number of hydrogen-bond donors (Lipinski definition) is 3. The number of guanidine groups is 1. The highest BCUT2D eigenvalue weighted by Crippen LogP contribution is 2.28. The van der Waals surface area contributed by atoms with Crippen LogP contribution in [0.15, 0.2) is 53.5 Å². The topological polar surface area (TPSA) is 75.1 Å². The third-order valence-corrected chi connectivity index (χ3v) is 4.29. The van der Waals surface area contributed by atoms with E-state index in [-0.39, 0.29) is 37.2 Å². The first kappa shape index (κ1) is 25.0. The number of halogens is 1. The summed E-state index contributed by atoms with van der Waals surface area (Å²) in [7, 11) is 1.60. The van der Waals surface area contributed by atoms with Crippen LogP contribution in [0.4, 0.5) is 0 Å². The van der Waals surface area contributed by atoms with Gasteiger partial charge in [0.05, 0.1) is 20.3 Å². The van der Waals surface area contributed by atoms with Crippen LogP contribution >= 0.6 is 24.0 Å². The van der Waals surface area contributed by atoms with Gasteiger partial charge in [-0.2, -0.15) is 0 Å². The molecule has 0 aliphatic carbocycles. The molecule has 2 rings (SSSR count). The largest absolute Gasteiger partial charge is 0.493 e. The second kappa shape index (κ2) is 14.1. The number of rotatable bonds is 10. The minimum Gasteiger partial charge on any atom is -0.493 e. The van der Waals surface area contributed by atoms with Crippen molar-refractivity contribution < 1.29 is 14.6 Å². The Bertz CT molecular complexity index is 741. The molecular weight excluding hydrogens is 481 g/mol. The zero-order chi connectivity index (χ0) is 20.2. The van der Waals surface area contributed by atoms with Crippen LogP contribution in [0.5, 0.6) is 11.5 Å². The van der Waals surface area contributed by atoms with E-state index in [2.05, 4.69) is 46.8 Å². The van der Waals surface area contributed by atoms with Crippen molar-refractivity contribution in [1.82, 2.24) is 10.6 Å². The Morgan fingerprint density at radius 1 is 1.10 bits per heavy atom. The summed E-state index contributed by atoms with van der Waals surface area (Å²) in [6, 6.07) is 16.1. The number of hydrogen-bond acceptors (Lipinski definition) is 4. The number of nitrogens with one attached hydrogen (secondary N) is 2. The molecule has 0 saturated carbocycles. The van der Waals surface area contributed by atoms with Gasteiger partial charge in [0, 0.05) is 13.1 Å². The first-order chi connectivity index (χ1) is 13.7. The van der Waals surface area contributed by atoms with E-state index in [4.69, 9.17) is 14.6 Å². The molecule has 0 saturated heterocycles. The van der Waals surface area contributed by atoms with Gasteiger partial charge in [0.1, 0.15) is 6.61 Å². The summed E-state index contributed by atoms with van der Waals surface area (Å²) >= 11 is 0. The van der Waals surface area contributed by atoms with Crippen LogP contribution in [-0.4, -0.2) is 44.5 Å². The van der Waals surface area contributed by atoms with Gasteiger partial charge in [0.2, 0.25) is 0 Å². The molecule has 0 aromatic heterocycles. The number of methoxy groups -OCH3 is 1. The van der Waals surface area contributed by atoms with E-state index < -0.39 is 0 Å². The summed E-state index contributed by atoms with van der Waals surface area (Å²) in [5, 5.41) is 15.6. The smallest absolute Gasteiger partial charge is 0.191 e. The predicted molar refractivity (Wildman–Crippen MR) is 129 cm³/mol. The Morgan fingerprint density at radius 2 is 1.86 bits per heavy atom. The molecule has 0 bridgehead atoms. The Hall–Kier alpha value is -2.00. The maximum atomic E-state index is 8.91. The highest BCUT2D eigenvalue weighted by atomic mass is 127. The van der Waals surface area contributed by atoms with E-state index in [1.807, 2.05) is 31.2 Å². The third-order valence-electron chi connectivity index (χ3n) is 4.29. The van der Waals surface area contributed by atoms with Crippen LogP contribution in [0.2, 0.25) is 0 Å². The van der Waals surface area contributed by atoms with Crippen molar-refractivity contribution in [2.24, 2.45) is 4.99 Å².